The molecule has 1 aliphatic rings. The molecule has 0 N–H and O–H groups in total. The predicted molar refractivity (Wildman–Crippen MR) is 125 cm³/mol. The van der Waals surface area contributed by atoms with Crippen molar-refractivity contribution in [3.8, 4) is 23.0 Å². The molecule has 170 valence electrons. The van der Waals surface area contributed by atoms with Gasteiger partial charge in [-0.15, -0.1) is 0 Å². The average Bonchev–Trinajstić information content (AvgIpc) is 3.37. The summed E-state index contributed by atoms with van der Waals surface area (Å²) in [6, 6.07) is 2.10. The summed E-state index contributed by atoms with van der Waals surface area (Å²) < 4.78 is 13.2. The van der Waals surface area contributed by atoms with Crippen LogP contribution in [-0.2, 0) is 30.5 Å². The van der Waals surface area contributed by atoms with E-state index in [9.17, 15) is 0 Å². The maximum Gasteiger partial charge on any atom is 0.279 e. The third-order valence-corrected chi connectivity index (χ3v) is 6.23. The maximum absolute atomic E-state index is 5.72. The molecular formula is C25H33N5O2. The van der Waals surface area contributed by atoms with Gasteiger partial charge in [-0.2, -0.15) is 10.1 Å². The van der Waals surface area contributed by atoms with Gasteiger partial charge in [0.1, 0.15) is 0 Å². The van der Waals surface area contributed by atoms with Crippen LogP contribution >= 0.6 is 0 Å². The summed E-state index contributed by atoms with van der Waals surface area (Å²) in [7, 11) is 0. The van der Waals surface area contributed by atoms with Gasteiger partial charge in [0.15, 0.2) is 5.69 Å². The first-order valence-electron chi connectivity index (χ1n) is 11.6. The number of rotatable bonds is 7. The smallest absolute Gasteiger partial charge is 0.279 e. The Hall–Kier alpha value is -2.96. The van der Waals surface area contributed by atoms with Crippen LogP contribution in [0.2, 0.25) is 0 Å². The van der Waals surface area contributed by atoms with Crippen LogP contribution in [0.4, 0.5) is 0 Å². The van der Waals surface area contributed by atoms with Crippen molar-refractivity contribution in [1.82, 2.24) is 24.9 Å². The molecule has 3 aromatic heterocycles. The van der Waals surface area contributed by atoms with Gasteiger partial charge in [-0.05, 0) is 69.6 Å². The van der Waals surface area contributed by atoms with Crippen LogP contribution in [0.15, 0.2) is 16.9 Å². The van der Waals surface area contributed by atoms with Crippen LogP contribution < -0.4 is 0 Å². The summed E-state index contributed by atoms with van der Waals surface area (Å²) >= 11 is 0. The summed E-state index contributed by atoms with van der Waals surface area (Å²) in [4.78, 5) is 9.52. The number of hydrogen-bond donors (Lipinski definition) is 0. The Labute approximate surface area is 189 Å². The molecule has 0 saturated carbocycles. The van der Waals surface area contributed by atoms with Crippen molar-refractivity contribution in [2.24, 2.45) is 5.41 Å². The minimum atomic E-state index is 0.287. The molecule has 0 fully saturated rings. The second-order valence-corrected chi connectivity index (χ2v) is 9.13. The summed E-state index contributed by atoms with van der Waals surface area (Å²) in [5.41, 5.74) is 7.43. The van der Waals surface area contributed by atoms with E-state index in [0.717, 1.165) is 60.4 Å². The van der Waals surface area contributed by atoms with E-state index in [0.29, 0.717) is 18.3 Å². The summed E-state index contributed by atoms with van der Waals surface area (Å²) in [5, 5.41) is 9.15. The molecule has 0 atom stereocenters. The zero-order chi connectivity index (χ0) is 22.9. The number of aryl methyl sites for hydroxylation is 3. The van der Waals surface area contributed by atoms with E-state index in [1.165, 1.54) is 11.3 Å². The number of ether oxygens (including phenoxy) is 1. The topological polar surface area (TPSA) is 78.9 Å². The van der Waals surface area contributed by atoms with Crippen molar-refractivity contribution in [3.63, 3.8) is 0 Å². The second kappa shape index (κ2) is 8.88. The standard InChI is InChI=1S/C25H33N5O2/c1-7-17-14-19(16(4)26-20(17)11-13-31-9-3)23-27-24(32-29-23)22-18-10-12-25(5,6)15-21(18)30(8-2)28-22/h11,13-14H,7-10,12,15H2,1-6H3. The third kappa shape index (κ3) is 4.20. The molecular weight excluding hydrogens is 402 g/mol. The van der Waals surface area contributed by atoms with Gasteiger partial charge in [-0.25, -0.2) is 0 Å². The van der Waals surface area contributed by atoms with Crippen LogP contribution in [0.1, 0.15) is 69.2 Å². The zero-order valence-corrected chi connectivity index (χ0v) is 20.0. The van der Waals surface area contributed by atoms with E-state index in [-0.39, 0.29) is 5.41 Å². The van der Waals surface area contributed by atoms with Crippen molar-refractivity contribution in [2.75, 3.05) is 6.61 Å². The summed E-state index contributed by atoms with van der Waals surface area (Å²) in [6.07, 6.45) is 7.58. The molecule has 32 heavy (non-hydrogen) atoms. The quantitative estimate of drug-likeness (QED) is 0.462. The Balaban J connectivity index is 1.70. The lowest BCUT2D eigenvalue weighted by Gasteiger charge is -2.30. The minimum absolute atomic E-state index is 0.287. The largest absolute Gasteiger partial charge is 0.501 e. The fraction of sp³-hybridized carbons (Fsp3) is 0.520. The van der Waals surface area contributed by atoms with Gasteiger partial charge in [0, 0.05) is 29.1 Å². The summed E-state index contributed by atoms with van der Waals surface area (Å²) in [5.74, 6) is 1.04. The van der Waals surface area contributed by atoms with Crippen molar-refractivity contribution in [2.45, 2.75) is 73.8 Å². The average molecular weight is 436 g/mol. The van der Waals surface area contributed by atoms with E-state index in [1.807, 2.05) is 19.9 Å². The van der Waals surface area contributed by atoms with Crippen LogP contribution in [0, 0.1) is 12.3 Å². The van der Waals surface area contributed by atoms with Crippen molar-refractivity contribution in [3.05, 3.63) is 40.5 Å². The lowest BCUT2D eigenvalue weighted by atomic mass is 9.76. The molecule has 1 aliphatic carbocycles. The molecule has 4 rings (SSSR count). The Morgan fingerprint density at radius 2 is 2.03 bits per heavy atom. The molecule has 7 nitrogen and oxygen atoms in total. The van der Waals surface area contributed by atoms with Gasteiger partial charge in [-0.1, -0.05) is 25.9 Å². The first kappa shape index (κ1) is 22.2. The van der Waals surface area contributed by atoms with Crippen molar-refractivity contribution < 1.29 is 9.26 Å². The maximum atomic E-state index is 5.72. The highest BCUT2D eigenvalue weighted by molar-refractivity contribution is 5.65. The normalized spacial score (nSPS) is 15.3. The van der Waals surface area contributed by atoms with Gasteiger partial charge < -0.3 is 9.26 Å². The highest BCUT2D eigenvalue weighted by Crippen LogP contribution is 2.39. The third-order valence-electron chi connectivity index (χ3n) is 6.23. The molecule has 0 radical (unpaired) electrons. The van der Waals surface area contributed by atoms with Gasteiger partial charge in [0.05, 0.1) is 18.6 Å². The highest BCUT2D eigenvalue weighted by atomic mass is 16.5. The number of fused-ring (bicyclic) bond motifs is 1. The van der Waals surface area contributed by atoms with Gasteiger partial charge in [0.25, 0.3) is 5.89 Å². The zero-order valence-electron chi connectivity index (χ0n) is 20.0. The van der Waals surface area contributed by atoms with E-state index < -0.39 is 0 Å². The highest BCUT2D eigenvalue weighted by Gasteiger charge is 2.32. The number of aromatic nitrogens is 5. The fourth-order valence-electron chi connectivity index (χ4n) is 4.39. The molecule has 0 unspecified atom stereocenters. The Morgan fingerprint density at radius 1 is 1.22 bits per heavy atom. The number of hydrogen-bond acceptors (Lipinski definition) is 6. The van der Waals surface area contributed by atoms with Gasteiger partial charge in [-0.3, -0.25) is 9.67 Å². The van der Waals surface area contributed by atoms with Crippen LogP contribution in [0.25, 0.3) is 29.0 Å². The number of pyridine rings is 1. The first-order chi connectivity index (χ1) is 15.4. The Kier molecular flexibility index (Phi) is 6.17. The van der Waals surface area contributed by atoms with E-state index in [4.69, 9.17) is 24.3 Å². The van der Waals surface area contributed by atoms with Gasteiger partial charge in [0.2, 0.25) is 5.82 Å². The van der Waals surface area contributed by atoms with Crippen molar-refractivity contribution >= 4 is 6.08 Å². The van der Waals surface area contributed by atoms with Crippen molar-refractivity contribution in [1.29, 1.82) is 0 Å². The van der Waals surface area contributed by atoms with E-state index in [1.54, 1.807) is 6.26 Å². The molecule has 0 spiro atoms. The molecule has 0 saturated heterocycles. The molecule has 7 heteroatoms. The summed E-state index contributed by atoms with van der Waals surface area (Å²) in [6.45, 7) is 14.3. The van der Waals surface area contributed by atoms with Crippen LogP contribution in [0.3, 0.4) is 0 Å². The van der Waals surface area contributed by atoms with E-state index >= 15 is 0 Å². The van der Waals surface area contributed by atoms with E-state index in [2.05, 4.69) is 43.6 Å². The molecule has 0 bridgehead atoms. The second-order valence-electron chi connectivity index (χ2n) is 9.13. The number of nitrogens with zero attached hydrogens (tertiary/aromatic N) is 5. The molecule has 0 aromatic carbocycles. The fourth-order valence-corrected chi connectivity index (χ4v) is 4.39. The Morgan fingerprint density at radius 3 is 2.75 bits per heavy atom. The SMILES string of the molecule is CCOC=Cc1nc(C)c(-c2noc(-c3nn(CC)c4c3CCC(C)(C)C4)n2)cc1CC. The molecule has 3 aromatic rings. The molecule has 0 amide bonds. The van der Waals surface area contributed by atoms with Gasteiger partial charge >= 0.3 is 0 Å². The molecule has 3 heterocycles. The first-order valence-corrected chi connectivity index (χ1v) is 11.6. The minimum Gasteiger partial charge on any atom is -0.501 e. The van der Waals surface area contributed by atoms with Crippen LogP contribution in [0.5, 0.6) is 0 Å². The van der Waals surface area contributed by atoms with Crippen LogP contribution in [-0.4, -0.2) is 31.5 Å². The lowest BCUT2D eigenvalue weighted by Crippen LogP contribution is -2.24. The predicted octanol–water partition coefficient (Wildman–Crippen LogP) is 5.41. The molecule has 0 aliphatic heterocycles. The lowest BCUT2D eigenvalue weighted by molar-refractivity contribution is 0.272. The Bertz CT molecular complexity index is 1140. The monoisotopic (exact) mass is 435 g/mol.